The molecule has 0 aliphatic rings. The molecule has 3 N–H and O–H groups in total. The molecule has 0 amide bonds. The first-order chi connectivity index (χ1) is 9.81. The Labute approximate surface area is 134 Å². The van der Waals surface area contributed by atoms with Crippen molar-refractivity contribution in [3.63, 3.8) is 0 Å². The number of halogens is 1. The van der Waals surface area contributed by atoms with Crippen molar-refractivity contribution >= 4 is 38.8 Å². The molecule has 0 aromatic heterocycles. The van der Waals surface area contributed by atoms with Crippen molar-refractivity contribution in [2.75, 3.05) is 27.4 Å². The van der Waals surface area contributed by atoms with E-state index in [0.717, 1.165) is 0 Å². The predicted molar refractivity (Wildman–Crippen MR) is 85.2 cm³/mol. The second-order valence-corrected chi connectivity index (χ2v) is 6.78. The third kappa shape index (κ3) is 5.17. The van der Waals surface area contributed by atoms with Crippen molar-refractivity contribution in [3.8, 4) is 0 Å². The largest absolute Gasteiger partial charge is 0.389 e. The van der Waals surface area contributed by atoms with Gasteiger partial charge in [-0.3, -0.25) is 0 Å². The number of sulfonamides is 1. The molecule has 0 spiro atoms. The van der Waals surface area contributed by atoms with Gasteiger partial charge < -0.3 is 15.2 Å². The van der Waals surface area contributed by atoms with Gasteiger partial charge in [0.2, 0.25) is 10.0 Å². The van der Waals surface area contributed by atoms with Gasteiger partial charge in [0.05, 0.1) is 22.6 Å². The van der Waals surface area contributed by atoms with Gasteiger partial charge in [0.1, 0.15) is 4.99 Å². The number of hydrogen-bond acceptors (Lipinski definition) is 5. The summed E-state index contributed by atoms with van der Waals surface area (Å²) >= 11 is 10.8. The van der Waals surface area contributed by atoms with Gasteiger partial charge in [0.25, 0.3) is 0 Å². The van der Waals surface area contributed by atoms with Crippen molar-refractivity contribution in [1.29, 1.82) is 0 Å². The highest BCUT2D eigenvalue weighted by Gasteiger charge is 2.18. The molecule has 0 bridgehead atoms. The van der Waals surface area contributed by atoms with Gasteiger partial charge in [-0.2, -0.15) is 0 Å². The molecule has 1 aromatic rings. The van der Waals surface area contributed by atoms with Gasteiger partial charge in [-0.15, -0.1) is 0 Å². The minimum absolute atomic E-state index is 0.0276. The number of nitrogens with one attached hydrogen (secondary N) is 1. The lowest BCUT2D eigenvalue weighted by molar-refractivity contribution is 0.0320. The van der Waals surface area contributed by atoms with Gasteiger partial charge in [-0.25, -0.2) is 13.1 Å². The average Bonchev–Trinajstić information content (AvgIpc) is 2.42. The first-order valence-corrected chi connectivity index (χ1v) is 8.19. The zero-order valence-electron chi connectivity index (χ0n) is 11.6. The number of ether oxygens (including phenoxy) is 2. The second-order valence-electron chi connectivity index (χ2n) is 4.17. The Morgan fingerprint density at radius 1 is 1.48 bits per heavy atom. The van der Waals surface area contributed by atoms with E-state index in [1.807, 2.05) is 0 Å². The number of thiocarbonyl (C=S) groups is 1. The number of nitrogens with two attached hydrogens (primary N) is 1. The highest BCUT2D eigenvalue weighted by molar-refractivity contribution is 7.89. The van der Waals surface area contributed by atoms with Crippen LogP contribution in [-0.2, 0) is 19.5 Å². The fourth-order valence-corrected chi connectivity index (χ4v) is 3.22. The Morgan fingerprint density at radius 3 is 2.62 bits per heavy atom. The zero-order chi connectivity index (χ0) is 16.0. The van der Waals surface area contributed by atoms with Gasteiger partial charge in [0.15, 0.2) is 0 Å². The monoisotopic (exact) mass is 352 g/mol. The van der Waals surface area contributed by atoms with Crippen LogP contribution >= 0.6 is 23.8 Å². The van der Waals surface area contributed by atoms with E-state index in [1.165, 1.54) is 32.4 Å². The quantitative estimate of drug-likeness (QED) is 0.676. The molecule has 0 fully saturated rings. The van der Waals surface area contributed by atoms with E-state index in [2.05, 4.69) is 4.72 Å². The summed E-state index contributed by atoms with van der Waals surface area (Å²) in [5.41, 5.74) is 5.91. The van der Waals surface area contributed by atoms with Crippen molar-refractivity contribution in [2.45, 2.75) is 11.0 Å². The standard InChI is InChI=1S/C12H17ClN2O4S2/c1-18-7-8(19-2)6-15-21(16,17)9-3-4-10(12(14)20)11(13)5-9/h3-5,8,15H,6-7H2,1-2H3,(H2,14,20). The molecule has 118 valence electrons. The molecule has 1 rings (SSSR count). The van der Waals surface area contributed by atoms with E-state index in [0.29, 0.717) is 5.56 Å². The molecule has 0 aliphatic carbocycles. The van der Waals surface area contributed by atoms with E-state index in [4.69, 9.17) is 39.0 Å². The van der Waals surface area contributed by atoms with Crippen LogP contribution in [0.4, 0.5) is 0 Å². The highest BCUT2D eigenvalue weighted by Crippen LogP contribution is 2.20. The summed E-state index contributed by atoms with van der Waals surface area (Å²) < 4.78 is 36.8. The SMILES string of the molecule is COCC(CNS(=O)(=O)c1ccc(C(N)=S)c(Cl)c1)OC. The van der Waals surface area contributed by atoms with E-state index >= 15 is 0 Å². The van der Waals surface area contributed by atoms with Gasteiger partial charge in [-0.05, 0) is 18.2 Å². The maximum atomic E-state index is 12.2. The molecule has 1 atom stereocenters. The maximum absolute atomic E-state index is 12.2. The normalized spacial score (nSPS) is 13.1. The minimum atomic E-state index is -3.70. The Hall–Kier alpha value is -0.770. The first kappa shape index (κ1) is 18.3. The molecule has 0 saturated heterocycles. The summed E-state index contributed by atoms with van der Waals surface area (Å²) in [5, 5.41) is 0.186. The predicted octanol–water partition coefficient (Wildman–Crippen LogP) is 0.914. The zero-order valence-corrected chi connectivity index (χ0v) is 14.0. The molecule has 21 heavy (non-hydrogen) atoms. The highest BCUT2D eigenvalue weighted by atomic mass is 35.5. The minimum Gasteiger partial charge on any atom is -0.389 e. The van der Waals surface area contributed by atoms with Crippen LogP contribution in [0.2, 0.25) is 5.02 Å². The second kappa shape index (κ2) is 8.02. The Bertz CT molecular complexity index is 607. The van der Waals surface area contributed by atoms with Crippen LogP contribution in [0.15, 0.2) is 23.1 Å². The number of methoxy groups -OCH3 is 2. The molecule has 0 aliphatic heterocycles. The maximum Gasteiger partial charge on any atom is 0.240 e. The van der Waals surface area contributed by atoms with Gasteiger partial charge in [0, 0.05) is 26.3 Å². The van der Waals surface area contributed by atoms with Crippen LogP contribution in [0.1, 0.15) is 5.56 Å². The molecule has 0 heterocycles. The van der Waals surface area contributed by atoms with Crippen LogP contribution in [0.3, 0.4) is 0 Å². The smallest absolute Gasteiger partial charge is 0.240 e. The molecule has 1 unspecified atom stereocenters. The average molecular weight is 353 g/mol. The summed E-state index contributed by atoms with van der Waals surface area (Å²) in [6, 6.07) is 4.17. The summed E-state index contributed by atoms with van der Waals surface area (Å²) in [6.45, 7) is 0.363. The van der Waals surface area contributed by atoms with Crippen LogP contribution in [0.25, 0.3) is 0 Å². The summed E-state index contributed by atoms with van der Waals surface area (Å²) in [7, 11) is -0.716. The van der Waals surface area contributed by atoms with Crippen molar-refractivity contribution in [1.82, 2.24) is 4.72 Å². The molecule has 0 saturated carbocycles. The van der Waals surface area contributed by atoms with Crippen LogP contribution in [0.5, 0.6) is 0 Å². The number of benzene rings is 1. The van der Waals surface area contributed by atoms with E-state index in [9.17, 15) is 8.42 Å². The van der Waals surface area contributed by atoms with Crippen LogP contribution in [-0.4, -0.2) is 46.9 Å². The number of rotatable bonds is 8. The molecule has 9 heteroatoms. The molecule has 0 radical (unpaired) electrons. The number of hydrogen-bond donors (Lipinski definition) is 2. The van der Waals surface area contributed by atoms with E-state index < -0.39 is 10.0 Å². The van der Waals surface area contributed by atoms with E-state index in [1.54, 1.807) is 0 Å². The topological polar surface area (TPSA) is 90.7 Å². The summed E-state index contributed by atoms with van der Waals surface area (Å²) in [4.78, 5) is 0.135. The lowest BCUT2D eigenvalue weighted by Crippen LogP contribution is -2.35. The third-order valence-corrected chi connectivity index (χ3v) is 4.66. The Morgan fingerprint density at radius 2 is 2.14 bits per heavy atom. The molecular formula is C12H17ClN2O4S2. The fraction of sp³-hybridized carbons (Fsp3) is 0.417. The summed E-state index contributed by atoms with van der Waals surface area (Å²) in [5.74, 6) is 0. The van der Waals surface area contributed by atoms with Crippen molar-refractivity contribution < 1.29 is 17.9 Å². The third-order valence-electron chi connectivity index (χ3n) is 2.70. The fourth-order valence-electron chi connectivity index (χ4n) is 1.54. The van der Waals surface area contributed by atoms with E-state index in [-0.39, 0.29) is 34.2 Å². The molecular weight excluding hydrogens is 336 g/mol. The summed E-state index contributed by atoms with van der Waals surface area (Å²) in [6.07, 6.45) is -0.379. The Kier molecular flexibility index (Phi) is 6.98. The van der Waals surface area contributed by atoms with Crippen LogP contribution in [0, 0.1) is 0 Å². The lowest BCUT2D eigenvalue weighted by atomic mass is 10.2. The first-order valence-electron chi connectivity index (χ1n) is 5.92. The Balaban J connectivity index is 2.88. The molecule has 6 nitrogen and oxygen atoms in total. The molecule has 1 aromatic carbocycles. The lowest BCUT2D eigenvalue weighted by Gasteiger charge is -2.15. The van der Waals surface area contributed by atoms with Crippen LogP contribution < -0.4 is 10.5 Å². The van der Waals surface area contributed by atoms with Gasteiger partial charge in [-0.1, -0.05) is 23.8 Å². The van der Waals surface area contributed by atoms with Crippen molar-refractivity contribution in [2.24, 2.45) is 5.73 Å². The van der Waals surface area contributed by atoms with Gasteiger partial charge >= 0.3 is 0 Å². The van der Waals surface area contributed by atoms with Crippen molar-refractivity contribution in [3.05, 3.63) is 28.8 Å².